The van der Waals surface area contributed by atoms with Crippen LogP contribution in [-0.2, 0) is 20.9 Å². The number of benzene rings is 3. The van der Waals surface area contributed by atoms with E-state index in [0.717, 1.165) is 73.1 Å². The number of aryl methyl sites for hydroxylation is 1. The van der Waals surface area contributed by atoms with E-state index in [1.54, 1.807) is 42.7 Å². The summed E-state index contributed by atoms with van der Waals surface area (Å²) in [6.07, 6.45) is 8.23. The molecule has 0 saturated carbocycles. The lowest BCUT2D eigenvalue weighted by Gasteiger charge is -2.36. The number of piperazine rings is 1. The Bertz CT molecular complexity index is 3000. The number of fused-ring (bicyclic) bond motifs is 1. The molecule has 3 amide bonds. The normalized spacial score (nSPS) is 17.0. The van der Waals surface area contributed by atoms with Crippen molar-refractivity contribution in [2.75, 3.05) is 57.3 Å². The minimum Gasteiger partial charge on any atom is -0.490 e. The fraction of sp³-hybridized carbons (Fsp3) is 0.373. The van der Waals surface area contributed by atoms with E-state index in [1.165, 1.54) is 15.4 Å². The highest BCUT2D eigenvalue weighted by molar-refractivity contribution is 5.99. The fourth-order valence-corrected chi connectivity index (χ4v) is 9.29. The Morgan fingerprint density at radius 2 is 1.60 bits per heavy atom. The highest BCUT2D eigenvalue weighted by Gasteiger charge is 2.31. The number of piperidine rings is 2. The number of carbonyl (C=O) groups is 3. The molecular formula is C51H53N11O6. The summed E-state index contributed by atoms with van der Waals surface area (Å²) in [6.45, 7) is 8.28. The molecule has 1 N–H and O–H groups in total. The van der Waals surface area contributed by atoms with Crippen molar-refractivity contribution >= 4 is 34.2 Å². The molecule has 6 heterocycles. The molecule has 3 aliphatic heterocycles. The average molecular weight is 916 g/mol. The smallest absolute Gasteiger partial charge is 0.275 e. The first-order chi connectivity index (χ1) is 33.1. The fourth-order valence-electron chi connectivity index (χ4n) is 9.29. The van der Waals surface area contributed by atoms with E-state index >= 15 is 0 Å². The van der Waals surface area contributed by atoms with Gasteiger partial charge in [-0.25, -0.2) is 19.3 Å². The van der Waals surface area contributed by atoms with E-state index in [0.29, 0.717) is 79.0 Å². The standard InChI is InChI=1S/C51H53N11O6/c1-34-43-28-40(11-12-42(43)51(67)62(56-34)45-14-15-46(63)55-50(45)66)59-22-24-60(25-23-59)47(64)10-2-3-19-58-20-17-35(18-21-58)33-68-41-30-53-49(54-31-41)39-9-5-7-37(27-39)32-61-48(65)16-13-44(57-61)38-8-4-6-36(26-38)29-52/h4-9,11-13,16,26-28,30-31,35,45H,2-3,10,14-15,17-25,32-33H2,1H3,(H,55,63,66). The van der Waals surface area contributed by atoms with E-state index in [-0.39, 0.29) is 42.3 Å². The molecule has 3 aromatic carbocycles. The molecule has 68 heavy (non-hydrogen) atoms. The third kappa shape index (κ3) is 10.5. The maximum Gasteiger partial charge on any atom is 0.275 e. The van der Waals surface area contributed by atoms with Gasteiger partial charge in [0.1, 0.15) is 6.04 Å². The van der Waals surface area contributed by atoms with Gasteiger partial charge in [-0.1, -0.05) is 30.3 Å². The number of nitriles is 1. The van der Waals surface area contributed by atoms with Crippen molar-refractivity contribution in [2.45, 2.75) is 64.5 Å². The number of ether oxygens (including phenoxy) is 1. The second-order valence-electron chi connectivity index (χ2n) is 17.8. The third-order valence-electron chi connectivity index (χ3n) is 13.2. The van der Waals surface area contributed by atoms with Crippen molar-refractivity contribution in [2.24, 2.45) is 5.92 Å². The first kappa shape index (κ1) is 45.6. The van der Waals surface area contributed by atoms with Crippen LogP contribution in [-0.4, -0.2) is 109 Å². The highest BCUT2D eigenvalue weighted by Crippen LogP contribution is 2.26. The van der Waals surface area contributed by atoms with Gasteiger partial charge in [-0.3, -0.25) is 29.3 Å². The van der Waals surface area contributed by atoms with Crippen molar-refractivity contribution in [3.05, 3.63) is 129 Å². The van der Waals surface area contributed by atoms with Crippen LogP contribution in [0.5, 0.6) is 5.75 Å². The number of aromatic nitrogens is 6. The topological polar surface area (TPSA) is 202 Å². The minimum atomic E-state index is -0.813. The largest absolute Gasteiger partial charge is 0.490 e. The number of likely N-dealkylation sites (tertiary alicyclic amines) is 1. The van der Waals surface area contributed by atoms with Crippen LogP contribution in [0, 0.1) is 24.2 Å². The van der Waals surface area contributed by atoms with Crippen LogP contribution in [0.4, 0.5) is 5.69 Å². The second kappa shape index (κ2) is 20.5. The SMILES string of the molecule is Cc1nn(C2CCC(=O)NC2=O)c(=O)c2ccc(N3CCN(C(=O)CCCCN4CCC(COc5cnc(-c6cccc(Cn7nc(-c8cccc(C#N)c8)ccc7=O)c6)nc5)CC4)CC3)cc12. The molecular weight excluding hydrogens is 863 g/mol. The van der Waals surface area contributed by atoms with Gasteiger partial charge in [0.05, 0.1) is 54.0 Å². The summed E-state index contributed by atoms with van der Waals surface area (Å²) in [5.74, 6) is 0.949. The lowest BCUT2D eigenvalue weighted by atomic mass is 9.97. The average Bonchev–Trinajstić information content (AvgIpc) is 3.37. The summed E-state index contributed by atoms with van der Waals surface area (Å²) in [7, 11) is 0. The Morgan fingerprint density at radius 3 is 2.38 bits per heavy atom. The quantitative estimate of drug-likeness (QED) is 0.114. The Labute approximate surface area is 393 Å². The van der Waals surface area contributed by atoms with Gasteiger partial charge in [-0.2, -0.15) is 15.5 Å². The predicted molar refractivity (Wildman–Crippen MR) is 255 cm³/mol. The van der Waals surface area contributed by atoms with E-state index in [2.05, 4.69) is 41.4 Å². The second-order valence-corrected chi connectivity index (χ2v) is 17.8. The molecule has 1 unspecified atom stereocenters. The summed E-state index contributed by atoms with van der Waals surface area (Å²) in [4.78, 5) is 79.2. The summed E-state index contributed by atoms with van der Waals surface area (Å²) < 4.78 is 8.75. The number of hydrogen-bond donors (Lipinski definition) is 1. The van der Waals surface area contributed by atoms with Gasteiger partial charge in [0.15, 0.2) is 11.6 Å². The Kier molecular flexibility index (Phi) is 13.7. The van der Waals surface area contributed by atoms with Crippen LogP contribution in [0.3, 0.4) is 0 Å². The van der Waals surface area contributed by atoms with Crippen molar-refractivity contribution in [1.82, 2.24) is 44.6 Å². The van der Waals surface area contributed by atoms with Crippen LogP contribution < -0.4 is 26.1 Å². The molecule has 3 fully saturated rings. The number of unbranched alkanes of at least 4 members (excludes halogenated alkanes) is 1. The van der Waals surface area contributed by atoms with Crippen LogP contribution in [0.1, 0.15) is 67.8 Å². The molecule has 0 radical (unpaired) electrons. The van der Waals surface area contributed by atoms with Crippen molar-refractivity contribution in [3.8, 4) is 34.5 Å². The lowest BCUT2D eigenvalue weighted by Crippen LogP contribution is -2.48. The van der Waals surface area contributed by atoms with Crippen LogP contribution >= 0.6 is 0 Å². The van der Waals surface area contributed by atoms with Gasteiger partial charge in [-0.15, -0.1) is 0 Å². The molecule has 0 aliphatic carbocycles. The third-order valence-corrected chi connectivity index (χ3v) is 13.2. The first-order valence-electron chi connectivity index (χ1n) is 23.3. The summed E-state index contributed by atoms with van der Waals surface area (Å²) in [6, 6.07) is 25.0. The predicted octanol–water partition coefficient (Wildman–Crippen LogP) is 4.89. The van der Waals surface area contributed by atoms with Gasteiger partial charge < -0.3 is 19.4 Å². The summed E-state index contributed by atoms with van der Waals surface area (Å²) in [5.41, 5.74) is 4.59. The Balaban J connectivity index is 0.674. The maximum atomic E-state index is 13.4. The van der Waals surface area contributed by atoms with Gasteiger partial charge >= 0.3 is 0 Å². The number of anilines is 1. The Morgan fingerprint density at radius 1 is 0.824 bits per heavy atom. The number of nitrogens with zero attached hydrogens (tertiary/aromatic N) is 10. The zero-order valence-electron chi connectivity index (χ0n) is 38.1. The van der Waals surface area contributed by atoms with Crippen molar-refractivity contribution < 1.29 is 19.1 Å². The number of rotatable bonds is 14. The summed E-state index contributed by atoms with van der Waals surface area (Å²) >= 11 is 0. The van der Waals surface area contributed by atoms with E-state index in [1.807, 2.05) is 54.3 Å². The maximum absolute atomic E-state index is 13.4. The number of imide groups is 1. The van der Waals surface area contributed by atoms with Gasteiger partial charge in [0, 0.05) is 67.3 Å². The van der Waals surface area contributed by atoms with E-state index in [9.17, 15) is 29.2 Å². The summed E-state index contributed by atoms with van der Waals surface area (Å²) in [5, 5.41) is 21.8. The molecule has 9 rings (SSSR count). The molecule has 348 valence electrons. The molecule has 1 atom stereocenters. The van der Waals surface area contributed by atoms with E-state index < -0.39 is 11.9 Å². The first-order valence-corrected chi connectivity index (χ1v) is 23.3. The molecule has 3 aromatic heterocycles. The molecule has 0 spiro atoms. The lowest BCUT2D eigenvalue weighted by molar-refractivity contribution is -0.136. The molecule has 3 saturated heterocycles. The van der Waals surface area contributed by atoms with Crippen LogP contribution in [0.15, 0.2) is 101 Å². The molecule has 3 aliphatic rings. The molecule has 0 bridgehead atoms. The Hall–Kier alpha value is -7.58. The number of carbonyl (C=O) groups excluding carboxylic acids is 3. The number of hydrogen-bond acceptors (Lipinski definition) is 13. The molecule has 17 heteroatoms. The van der Waals surface area contributed by atoms with Crippen LogP contribution in [0.2, 0.25) is 0 Å². The van der Waals surface area contributed by atoms with Gasteiger partial charge in [0.25, 0.3) is 17.0 Å². The van der Waals surface area contributed by atoms with Crippen LogP contribution in [0.25, 0.3) is 33.4 Å². The number of amides is 3. The van der Waals surface area contributed by atoms with Crippen molar-refractivity contribution in [3.63, 3.8) is 0 Å². The highest BCUT2D eigenvalue weighted by atomic mass is 16.5. The molecule has 6 aromatic rings. The monoisotopic (exact) mass is 915 g/mol. The van der Waals surface area contributed by atoms with E-state index in [4.69, 9.17) is 4.74 Å². The number of nitrogens with one attached hydrogen (secondary N) is 1. The molecule has 17 nitrogen and oxygen atoms in total. The van der Waals surface area contributed by atoms with Gasteiger partial charge in [-0.05, 0) is 113 Å². The van der Waals surface area contributed by atoms with Gasteiger partial charge in [0.2, 0.25) is 11.8 Å². The van der Waals surface area contributed by atoms with Crippen molar-refractivity contribution in [1.29, 1.82) is 5.26 Å². The minimum absolute atomic E-state index is 0.164. The zero-order chi connectivity index (χ0) is 47.1. The zero-order valence-corrected chi connectivity index (χ0v) is 38.1.